The lowest BCUT2D eigenvalue weighted by molar-refractivity contribution is -0.389. The van der Waals surface area contributed by atoms with Crippen LogP contribution < -0.4 is 57.3 Å². The molecule has 6 aromatic carbocycles. The molecule has 714 valence electrons. The number of pyridine rings is 4. The molecule has 6 aliphatic rings. The molecular formula is C95H94B3BrClN17O19S3. The first-order chi connectivity index (χ1) is 65.4. The maximum Gasteiger partial charge on any atom is 0.488 e. The first-order valence-electron chi connectivity index (χ1n) is 42.9. The predicted octanol–water partition coefficient (Wildman–Crippen LogP) is 20.0. The van der Waals surface area contributed by atoms with Crippen LogP contribution >= 0.6 is 61.5 Å². The summed E-state index contributed by atoms with van der Waals surface area (Å²) in [5.74, 6) is 1.04. The number of aromatic nitrogens is 7. The number of ether oxygens (including phenoxy) is 3. The molecule has 0 aliphatic carbocycles. The Hall–Kier alpha value is -14.2. The topological polar surface area (TPSA) is 485 Å². The second-order valence-corrected chi connectivity index (χ2v) is 40.1. The Balaban J connectivity index is 0.000000145. The van der Waals surface area contributed by atoms with Gasteiger partial charge in [0.1, 0.15) is 39.3 Å². The highest BCUT2D eigenvalue weighted by atomic mass is 79.9. The number of nitrogen functional groups attached to an aromatic ring is 1. The number of halogens is 2. The largest absolute Gasteiger partial charge is 0.488 e. The highest BCUT2D eigenvalue weighted by Gasteiger charge is 2.64. The van der Waals surface area contributed by atoms with E-state index in [1.807, 2.05) is 67.5 Å². The lowest BCUT2D eigenvalue weighted by Crippen LogP contribution is -2.41. The molecule has 19 rings (SSSR count). The van der Waals surface area contributed by atoms with E-state index in [2.05, 4.69) is 110 Å². The summed E-state index contributed by atoms with van der Waals surface area (Å²) in [6, 6.07) is 48.3. The third-order valence-electron chi connectivity index (χ3n) is 24.1. The Labute approximate surface area is 825 Å². The van der Waals surface area contributed by atoms with Crippen LogP contribution in [-0.2, 0) is 38.3 Å². The van der Waals surface area contributed by atoms with Gasteiger partial charge in [0.15, 0.2) is 40.8 Å². The molecule has 3 saturated heterocycles. The summed E-state index contributed by atoms with van der Waals surface area (Å²) in [5.41, 5.74) is 11.2. The summed E-state index contributed by atoms with van der Waals surface area (Å²) < 4.78 is 42.5. The minimum atomic E-state index is -0.564. The number of amides is 6. The number of benzene rings is 6. The Bertz CT molecular complexity index is 6720. The molecule has 139 heavy (non-hydrogen) atoms. The third kappa shape index (κ3) is 24.7. The number of nitro groups is 3. The zero-order chi connectivity index (χ0) is 98.9. The number of hydrogen-bond donors (Lipinski definition) is 7. The van der Waals surface area contributed by atoms with Crippen molar-refractivity contribution in [2.45, 2.75) is 145 Å². The van der Waals surface area contributed by atoms with Gasteiger partial charge in [-0.25, -0.2) is 19.9 Å². The Morgan fingerprint density at radius 1 is 0.424 bits per heavy atom. The maximum absolute atomic E-state index is 12.7. The number of rotatable bonds is 16. The molecule has 0 spiro atoms. The number of hydrogen-bond acceptors (Lipinski definition) is 30. The summed E-state index contributed by atoms with van der Waals surface area (Å²) in [7, 11) is -0.952. The monoisotopic (exact) mass is 2020 g/mol. The summed E-state index contributed by atoms with van der Waals surface area (Å²) in [5, 5.41) is 49.7. The van der Waals surface area contributed by atoms with Crippen molar-refractivity contribution in [2.75, 3.05) is 21.7 Å². The van der Waals surface area contributed by atoms with Crippen molar-refractivity contribution >= 4 is 164 Å². The molecule has 6 amide bonds. The number of para-hydroxylation sites is 3. The molecule has 44 heteroatoms. The number of nitrogens with one attached hydrogen (secondary N) is 6. The highest BCUT2D eigenvalue weighted by Crippen LogP contribution is 2.53. The van der Waals surface area contributed by atoms with Crippen LogP contribution in [-0.4, -0.2) is 128 Å². The Morgan fingerprint density at radius 3 is 1.09 bits per heavy atom. The average molecular weight is 2020 g/mol. The lowest BCUT2D eigenvalue weighted by atomic mass is 9.42. The van der Waals surface area contributed by atoms with E-state index in [1.165, 1.54) is 64.6 Å². The molecule has 0 saturated carbocycles. The summed E-state index contributed by atoms with van der Waals surface area (Å²) in [6.07, 6.45) is 13.3. The van der Waals surface area contributed by atoms with Crippen LogP contribution in [0.2, 0.25) is 17.1 Å². The van der Waals surface area contributed by atoms with Crippen molar-refractivity contribution < 1.29 is 76.4 Å². The SMILES string of the molecule is C.CC1(C)CB(c2ccc([N+](=O)[O-])nc2)CC1(C)C.CC1(C)OB(B2OC(C)(C)C(C)(C)O2)OC1(C)C.Nc1ccc(-c2ncc(CNC(=O)c3ccc4c(c3)NC(=O)c3ccccc3O4)s2)cn1.O=C(NCc1cnc(-c2ccc([N+](=O)[O-])nc2)s1)c1ccc2c(c1)NC(=O)c1ccccc1O2.O=C(NCc1cnc(Cl)s1)c1ccc2c(c1)NC(=O)c1ccccc1O2.O=[N+]([O-])c1ccc(Br)cn1. The van der Waals surface area contributed by atoms with Gasteiger partial charge in [-0.1, -0.05) is 102 Å². The zero-order valence-corrected chi connectivity index (χ0v) is 81.1. The van der Waals surface area contributed by atoms with E-state index in [0.717, 1.165) is 47.8 Å². The number of nitrogens with zero attached hydrogens (tertiary/aromatic N) is 10. The maximum atomic E-state index is 12.7. The van der Waals surface area contributed by atoms with Crippen molar-refractivity contribution in [1.82, 2.24) is 50.8 Å². The minimum Gasteiger partial charge on any atom is -0.454 e. The fourth-order valence-electron chi connectivity index (χ4n) is 14.4. The molecule has 8 N–H and O–H groups in total. The third-order valence-corrected chi connectivity index (χ3v) is 27.8. The summed E-state index contributed by atoms with van der Waals surface area (Å²) in [6.45, 7) is 26.7. The van der Waals surface area contributed by atoms with E-state index in [4.69, 9.17) is 50.2 Å². The molecule has 0 unspecified atom stereocenters. The van der Waals surface area contributed by atoms with E-state index in [1.54, 1.807) is 177 Å². The van der Waals surface area contributed by atoms with Crippen LogP contribution in [0.3, 0.4) is 0 Å². The predicted molar refractivity (Wildman–Crippen MR) is 536 cm³/mol. The van der Waals surface area contributed by atoms with Gasteiger partial charge < -0.3 is 101 Å². The smallest absolute Gasteiger partial charge is 0.454 e. The van der Waals surface area contributed by atoms with Crippen molar-refractivity contribution in [3.63, 3.8) is 0 Å². The molecule has 13 heterocycles. The quantitative estimate of drug-likeness (QED) is 0.0268. The number of fused-ring (bicyclic) bond motifs is 6. The van der Waals surface area contributed by atoms with Crippen LogP contribution in [0, 0.1) is 41.2 Å². The molecule has 0 bridgehead atoms. The van der Waals surface area contributed by atoms with Crippen LogP contribution in [0.25, 0.3) is 21.1 Å². The van der Waals surface area contributed by atoms with E-state index in [0.29, 0.717) is 136 Å². The molecule has 6 aliphatic heterocycles. The summed E-state index contributed by atoms with van der Waals surface area (Å²) >= 11 is 13.0. The second-order valence-electron chi connectivity index (χ2n) is 35.2. The van der Waals surface area contributed by atoms with Gasteiger partial charge in [0.05, 0.1) is 85.8 Å². The van der Waals surface area contributed by atoms with Gasteiger partial charge in [-0.2, -0.15) is 0 Å². The minimum absolute atomic E-state index is 0. The average Bonchev–Trinajstić information content (AvgIpc) is 1.59. The first kappa shape index (κ1) is 102. The van der Waals surface area contributed by atoms with E-state index < -0.39 is 28.8 Å². The normalized spacial score (nSPS) is 15.5. The summed E-state index contributed by atoms with van der Waals surface area (Å²) in [4.78, 5) is 135. The van der Waals surface area contributed by atoms with Gasteiger partial charge in [0.2, 0.25) is 0 Å². The van der Waals surface area contributed by atoms with Crippen LogP contribution in [0.1, 0.15) is 167 Å². The fraction of sp³-hybridized carbons (Fsp3) is 0.253. The lowest BCUT2D eigenvalue weighted by Gasteiger charge is -2.35. The molecule has 7 aromatic heterocycles. The molecule has 13 aromatic rings. The van der Waals surface area contributed by atoms with Crippen LogP contribution in [0.15, 0.2) is 224 Å². The second kappa shape index (κ2) is 42.8. The van der Waals surface area contributed by atoms with Crippen molar-refractivity contribution in [3.05, 3.63) is 307 Å². The number of anilines is 4. The highest BCUT2D eigenvalue weighted by molar-refractivity contribution is 9.10. The number of thiazole rings is 3. The molecule has 0 atom stereocenters. The van der Waals surface area contributed by atoms with Gasteiger partial charge in [0, 0.05) is 79.9 Å². The van der Waals surface area contributed by atoms with E-state index in [9.17, 15) is 59.1 Å². The Kier molecular flexibility index (Phi) is 31.5. The Morgan fingerprint density at radius 2 is 0.763 bits per heavy atom. The molecule has 3 fully saturated rings. The number of carbonyl (C=O) groups excluding carboxylic acids is 6. The van der Waals surface area contributed by atoms with Crippen molar-refractivity contribution in [1.29, 1.82) is 0 Å². The van der Waals surface area contributed by atoms with E-state index >= 15 is 0 Å². The van der Waals surface area contributed by atoms with E-state index in [-0.39, 0.29) is 89.3 Å². The van der Waals surface area contributed by atoms with Crippen LogP contribution in [0.5, 0.6) is 34.5 Å². The van der Waals surface area contributed by atoms with Crippen LogP contribution in [0.4, 0.5) is 40.3 Å². The van der Waals surface area contributed by atoms with Gasteiger partial charge in [-0.05, 0) is 233 Å². The number of carbonyl (C=O) groups is 6. The first-order valence-corrected chi connectivity index (χ1v) is 46.5. The van der Waals surface area contributed by atoms with Gasteiger partial charge in [-0.15, -0.1) is 34.0 Å². The number of nitrogens with two attached hydrogens (primary N) is 1. The molecule has 36 nitrogen and oxygen atoms in total. The standard InChI is InChI=1S/C23H15N5O5S.C23H17N5O3S.C18H12ClN3O3S.C13H19BN2O2.C12H24B2O4.C5H3BrN2O2.CH4/c29-21(25-11-15-12-26-23(34-15)14-6-8-20(24-10-14)28(31)32)13-5-7-19-17(9-13)27-22(30)16-3-1-2-4-18(16)33-19;24-20-8-6-14(10-25-20)23-27-12-15(32-23)11-26-21(29)13-5-7-19-17(9-13)28-22(30)16-3-1-2-4-18(16)31-19;19-18-21-9-11(26-18)8-20-16(23)10-5-6-15-13(7-10)22-17(24)12-3-1-2-4-14(12)25-15;1-12(2)8-14(9-13(12,3)4)10-5-6-11(15-7-10)16(17)18;1-9(2)10(3,4)16-13(15-9)14-17-11(5,6)12(7,8)18-14;6-4-1-2-5(7-3-4)8(9)10;/h1-10,12H,11H2,(H,25,29)(H,27,30);1-10,12H,11H2,(H2,24,25)(H,26,29)(H,28,30);1-7,9H,8H2,(H,20,23)(H,22,24);5-7H,8-9H2,1-4H3;1-8H3;1-3H;1H4. The zero-order valence-electron chi connectivity index (χ0n) is 76.3. The van der Waals surface area contributed by atoms with Crippen molar-refractivity contribution in [3.8, 4) is 55.6 Å². The fourth-order valence-corrected chi connectivity index (χ4v) is 17.3. The molecule has 0 radical (unpaired) electrons. The molecular weight excluding hydrogens is 1930 g/mol. The van der Waals surface area contributed by atoms with Crippen molar-refractivity contribution in [2.24, 2.45) is 10.8 Å². The van der Waals surface area contributed by atoms with Gasteiger partial charge >= 0.3 is 31.5 Å². The van der Waals surface area contributed by atoms with Gasteiger partial charge in [-0.3, -0.25) is 28.8 Å². The van der Waals surface area contributed by atoms with Gasteiger partial charge in [0.25, 0.3) is 35.4 Å².